The predicted molar refractivity (Wildman–Crippen MR) is 107 cm³/mol. The molecule has 1 aliphatic heterocycles. The molecule has 1 amide bonds. The molecule has 162 valence electrons. The number of sulfonamides is 1. The van der Waals surface area contributed by atoms with E-state index in [1.54, 1.807) is 11.0 Å². The second kappa shape index (κ2) is 9.29. The minimum atomic E-state index is -3.69. The highest BCUT2D eigenvalue weighted by Gasteiger charge is 2.34. The van der Waals surface area contributed by atoms with Gasteiger partial charge in [-0.05, 0) is 25.0 Å². The van der Waals surface area contributed by atoms with Crippen molar-refractivity contribution in [3.8, 4) is 11.5 Å². The molecule has 9 nitrogen and oxygen atoms in total. The molecule has 2 fully saturated rings. The van der Waals surface area contributed by atoms with Crippen LogP contribution in [0.25, 0.3) is 0 Å². The van der Waals surface area contributed by atoms with Gasteiger partial charge < -0.3 is 19.5 Å². The van der Waals surface area contributed by atoms with Crippen LogP contribution in [0, 0.1) is 0 Å². The third-order valence-electron chi connectivity index (χ3n) is 5.37. The molecule has 2 aliphatic rings. The highest BCUT2D eigenvalue weighted by molar-refractivity contribution is 7.89. The maximum absolute atomic E-state index is 13.0. The number of amides is 1. The maximum atomic E-state index is 13.0. The number of aliphatic hydroxyl groups is 1. The normalized spacial score (nSPS) is 18.1. The van der Waals surface area contributed by atoms with Crippen LogP contribution in [0.2, 0.25) is 0 Å². The number of ether oxygens (including phenoxy) is 2. The van der Waals surface area contributed by atoms with E-state index in [1.807, 2.05) is 4.90 Å². The third kappa shape index (κ3) is 5.00. The van der Waals surface area contributed by atoms with E-state index in [0.717, 1.165) is 12.8 Å². The highest BCUT2D eigenvalue weighted by atomic mass is 32.2. The minimum Gasteiger partial charge on any atom is -0.493 e. The van der Waals surface area contributed by atoms with Gasteiger partial charge in [-0.1, -0.05) is 0 Å². The monoisotopic (exact) mass is 427 g/mol. The van der Waals surface area contributed by atoms with Crippen molar-refractivity contribution < 1.29 is 27.8 Å². The molecule has 0 atom stereocenters. The number of carbonyl (C=O) groups excluding carboxylic acids is 1. The Kier molecular flexibility index (Phi) is 6.99. The van der Waals surface area contributed by atoms with Crippen LogP contribution in [0.3, 0.4) is 0 Å². The molecule has 0 aromatic heterocycles. The van der Waals surface area contributed by atoms with Gasteiger partial charge in [0.1, 0.15) is 0 Å². The zero-order chi connectivity index (χ0) is 21.0. The molecule has 1 saturated carbocycles. The SMILES string of the molecule is COc1ccc(S(=O)(=O)N2CCN(C(=O)CN(CCO)C3CC3)CC2)cc1OC. The third-order valence-corrected chi connectivity index (χ3v) is 7.27. The molecular weight excluding hydrogens is 398 g/mol. The van der Waals surface area contributed by atoms with Crippen molar-refractivity contribution in [1.82, 2.24) is 14.1 Å². The molecule has 1 heterocycles. The Hall–Kier alpha value is -1.88. The van der Waals surface area contributed by atoms with Crippen molar-refractivity contribution in [2.75, 3.05) is 60.1 Å². The fourth-order valence-electron chi connectivity index (χ4n) is 3.54. The molecule has 1 N–H and O–H groups in total. The number of carbonyl (C=O) groups is 1. The zero-order valence-electron chi connectivity index (χ0n) is 16.9. The van der Waals surface area contributed by atoms with Crippen molar-refractivity contribution in [3.63, 3.8) is 0 Å². The van der Waals surface area contributed by atoms with Crippen LogP contribution in [0.5, 0.6) is 11.5 Å². The smallest absolute Gasteiger partial charge is 0.243 e. The van der Waals surface area contributed by atoms with Gasteiger partial charge in [0.25, 0.3) is 0 Å². The van der Waals surface area contributed by atoms with Crippen LogP contribution in [-0.2, 0) is 14.8 Å². The molecule has 0 spiro atoms. The van der Waals surface area contributed by atoms with Crippen LogP contribution >= 0.6 is 0 Å². The summed E-state index contributed by atoms with van der Waals surface area (Å²) in [6, 6.07) is 4.90. The first-order valence-corrected chi connectivity index (χ1v) is 11.2. The summed E-state index contributed by atoms with van der Waals surface area (Å²) >= 11 is 0. The van der Waals surface area contributed by atoms with Crippen molar-refractivity contribution in [2.24, 2.45) is 0 Å². The van der Waals surface area contributed by atoms with Gasteiger partial charge >= 0.3 is 0 Å². The van der Waals surface area contributed by atoms with Crippen LogP contribution in [0.1, 0.15) is 12.8 Å². The van der Waals surface area contributed by atoms with Crippen LogP contribution in [-0.4, -0.2) is 99.7 Å². The molecule has 0 radical (unpaired) electrons. The maximum Gasteiger partial charge on any atom is 0.243 e. The van der Waals surface area contributed by atoms with Crippen molar-refractivity contribution in [2.45, 2.75) is 23.8 Å². The molecule has 0 bridgehead atoms. The van der Waals surface area contributed by atoms with Crippen molar-refractivity contribution >= 4 is 15.9 Å². The number of methoxy groups -OCH3 is 2. The summed E-state index contributed by atoms with van der Waals surface area (Å²) in [5.74, 6) is 0.796. The average Bonchev–Trinajstić information content (AvgIpc) is 3.58. The average molecular weight is 428 g/mol. The Morgan fingerprint density at radius 2 is 1.79 bits per heavy atom. The Balaban J connectivity index is 1.61. The summed E-state index contributed by atoms with van der Waals surface area (Å²) in [5, 5.41) is 9.18. The molecular formula is C19H29N3O6S. The summed E-state index contributed by atoms with van der Waals surface area (Å²) in [6.07, 6.45) is 2.12. The molecule has 10 heteroatoms. The first-order valence-electron chi connectivity index (χ1n) is 9.75. The molecule has 1 aliphatic carbocycles. The van der Waals surface area contributed by atoms with E-state index in [9.17, 15) is 18.3 Å². The number of aliphatic hydroxyl groups excluding tert-OH is 1. The van der Waals surface area contributed by atoms with Gasteiger partial charge in [0.2, 0.25) is 15.9 Å². The van der Waals surface area contributed by atoms with E-state index in [0.29, 0.717) is 37.2 Å². The summed E-state index contributed by atoms with van der Waals surface area (Å²) in [4.78, 5) is 16.4. The Morgan fingerprint density at radius 1 is 1.14 bits per heavy atom. The molecule has 1 aromatic rings. The quantitative estimate of drug-likeness (QED) is 0.592. The molecule has 1 aromatic carbocycles. The topological polar surface area (TPSA) is 99.6 Å². The molecule has 3 rings (SSSR count). The van der Waals surface area contributed by atoms with E-state index in [-0.39, 0.29) is 37.0 Å². The summed E-state index contributed by atoms with van der Waals surface area (Å²) in [7, 11) is -0.736. The van der Waals surface area contributed by atoms with Crippen molar-refractivity contribution in [3.05, 3.63) is 18.2 Å². The number of rotatable bonds is 9. The Morgan fingerprint density at radius 3 is 2.34 bits per heavy atom. The number of piperazine rings is 1. The van der Waals surface area contributed by atoms with Gasteiger partial charge in [-0.15, -0.1) is 0 Å². The highest BCUT2D eigenvalue weighted by Crippen LogP contribution is 2.31. The van der Waals surface area contributed by atoms with Crippen LogP contribution in [0.4, 0.5) is 0 Å². The van der Waals surface area contributed by atoms with Gasteiger partial charge in [-0.3, -0.25) is 9.69 Å². The van der Waals surface area contributed by atoms with E-state index >= 15 is 0 Å². The summed E-state index contributed by atoms with van der Waals surface area (Å²) < 4.78 is 37.7. The van der Waals surface area contributed by atoms with Gasteiger partial charge in [0.15, 0.2) is 11.5 Å². The number of hydrogen-bond donors (Lipinski definition) is 1. The lowest BCUT2D eigenvalue weighted by Gasteiger charge is -2.35. The number of benzene rings is 1. The fourth-order valence-corrected chi connectivity index (χ4v) is 4.97. The van der Waals surface area contributed by atoms with Gasteiger partial charge in [-0.2, -0.15) is 4.31 Å². The van der Waals surface area contributed by atoms with Gasteiger partial charge in [0.05, 0.1) is 32.3 Å². The Bertz CT molecular complexity index is 819. The zero-order valence-corrected chi connectivity index (χ0v) is 17.7. The number of hydrogen-bond acceptors (Lipinski definition) is 7. The first-order chi connectivity index (χ1) is 13.9. The molecule has 0 unspecified atom stereocenters. The van der Waals surface area contributed by atoms with Gasteiger partial charge in [-0.25, -0.2) is 8.42 Å². The predicted octanol–water partition coefficient (Wildman–Crippen LogP) is -0.00660. The van der Waals surface area contributed by atoms with Crippen molar-refractivity contribution in [1.29, 1.82) is 0 Å². The second-order valence-electron chi connectivity index (χ2n) is 7.23. The number of nitrogens with zero attached hydrogens (tertiary/aromatic N) is 3. The Labute approximate surface area is 171 Å². The van der Waals surface area contributed by atoms with E-state index in [4.69, 9.17) is 9.47 Å². The van der Waals surface area contributed by atoms with Crippen LogP contribution in [0.15, 0.2) is 23.1 Å². The molecule has 29 heavy (non-hydrogen) atoms. The standard InChI is InChI=1S/C19H29N3O6S/c1-27-17-6-5-16(13-18(17)28-2)29(25,26)22-9-7-20(8-10-22)19(24)14-21(11-12-23)15-3-4-15/h5-6,13,15,23H,3-4,7-12,14H2,1-2H3. The van der Waals surface area contributed by atoms with E-state index in [2.05, 4.69) is 0 Å². The fraction of sp³-hybridized carbons (Fsp3) is 0.632. The lowest BCUT2D eigenvalue weighted by atomic mass is 10.3. The van der Waals surface area contributed by atoms with E-state index in [1.165, 1.54) is 30.7 Å². The summed E-state index contributed by atoms with van der Waals surface area (Å²) in [5.41, 5.74) is 0. The largest absolute Gasteiger partial charge is 0.493 e. The van der Waals surface area contributed by atoms with E-state index < -0.39 is 10.0 Å². The van der Waals surface area contributed by atoms with Crippen LogP contribution < -0.4 is 9.47 Å². The molecule has 1 saturated heterocycles. The first kappa shape index (κ1) is 21.8. The lowest BCUT2D eigenvalue weighted by Crippen LogP contribution is -2.52. The minimum absolute atomic E-state index is 0.0199. The summed E-state index contributed by atoms with van der Waals surface area (Å²) in [6.45, 7) is 1.97. The lowest BCUT2D eigenvalue weighted by molar-refractivity contribution is -0.133. The second-order valence-corrected chi connectivity index (χ2v) is 9.16. The van der Waals surface area contributed by atoms with Gasteiger partial charge in [0, 0.05) is 44.8 Å².